The number of aliphatic hydroxyl groups is 14. The van der Waals surface area contributed by atoms with Crippen LogP contribution in [0.15, 0.2) is 85.1 Å². The average Bonchev–Trinajstić information content (AvgIpc) is 2.08. The number of carbonyl (C=O) groups excluding carboxylic acids is 2. The molecule has 5 aliphatic heterocycles. The van der Waals surface area contributed by atoms with E-state index in [0.717, 1.165) is 13.1 Å². The van der Waals surface area contributed by atoms with Crippen molar-refractivity contribution in [1.82, 2.24) is 15.5 Å². The fraction of sp³-hybridized carbons (Fsp3) is 0.733. The number of carbonyl (C=O) groups is 2. The van der Waals surface area contributed by atoms with E-state index in [0.29, 0.717) is 26.2 Å². The highest BCUT2D eigenvalue weighted by Gasteiger charge is 2.53. The minimum absolute atomic E-state index is 0.130. The molecule has 5 rings (SSSR count). The molecule has 16 N–H and O–H groups in total. The summed E-state index contributed by atoms with van der Waals surface area (Å²) in [6.45, 7) is 8.95. The summed E-state index contributed by atoms with van der Waals surface area (Å²) < 4.78 is 35.0. The summed E-state index contributed by atoms with van der Waals surface area (Å²) in [5, 5.41) is 160. The Bertz CT molecular complexity index is 2210. The Morgan fingerprint density at radius 2 is 1.29 bits per heavy atom. The molecule has 0 aromatic heterocycles. The van der Waals surface area contributed by atoms with Crippen LogP contribution in [0.2, 0.25) is 0 Å². The fourth-order valence-electron chi connectivity index (χ4n) is 11.0. The lowest BCUT2D eigenvalue weighted by Crippen LogP contribution is -2.69. The quantitative estimate of drug-likeness (QED) is 0.0823. The molecular weight excluding hydrogens is 1110 g/mol. The third-order valence-electron chi connectivity index (χ3n) is 16.3. The molecule has 3 unspecified atom stereocenters. The van der Waals surface area contributed by atoms with E-state index >= 15 is 0 Å². The van der Waals surface area contributed by atoms with E-state index in [-0.39, 0.29) is 38.1 Å². The first kappa shape index (κ1) is 72.0. The summed E-state index contributed by atoms with van der Waals surface area (Å²) in [5.41, 5.74) is 0. The first-order valence-electron chi connectivity index (χ1n) is 29.7. The Kier molecular flexibility index (Phi) is 30.1. The molecule has 25 nitrogen and oxygen atoms in total. The third kappa shape index (κ3) is 23.0. The summed E-state index contributed by atoms with van der Waals surface area (Å²) in [5.74, 6) is -8.36. The predicted octanol–water partition coefficient (Wildman–Crippen LogP) is -2.10. The molecule has 23 atom stereocenters. The van der Waals surface area contributed by atoms with Crippen LogP contribution in [0.4, 0.5) is 0 Å². The number of esters is 1. The number of rotatable bonds is 10. The van der Waals surface area contributed by atoms with Crippen LogP contribution in [0, 0.1) is 17.8 Å². The number of hydrogen-bond donors (Lipinski definition) is 16. The summed E-state index contributed by atoms with van der Waals surface area (Å²) in [6, 6.07) is -1.34. The lowest BCUT2D eigenvalue weighted by Gasteiger charge is -2.47. The number of cyclic esters (lactones) is 1. The number of ether oxygens (including phenoxy) is 6. The van der Waals surface area contributed by atoms with Gasteiger partial charge in [-0.1, -0.05) is 98.9 Å². The molecule has 85 heavy (non-hydrogen) atoms. The van der Waals surface area contributed by atoms with Crippen LogP contribution >= 0.6 is 0 Å². The number of nitrogens with one attached hydrogen (secondary N) is 2. The van der Waals surface area contributed by atoms with Crippen molar-refractivity contribution in [3.63, 3.8) is 0 Å². The Morgan fingerprint density at radius 3 is 1.94 bits per heavy atom. The van der Waals surface area contributed by atoms with Gasteiger partial charge in [-0.3, -0.25) is 14.5 Å². The maximum Gasteiger partial charge on any atom is 0.308 e. The fourth-order valence-corrected chi connectivity index (χ4v) is 11.0. The van der Waals surface area contributed by atoms with Gasteiger partial charge in [0.2, 0.25) is 11.7 Å². The van der Waals surface area contributed by atoms with Crippen molar-refractivity contribution in [2.24, 2.45) is 17.8 Å². The molecule has 1 amide bonds. The Balaban J connectivity index is 1.42. The summed E-state index contributed by atoms with van der Waals surface area (Å²) in [4.78, 5) is 29.2. The maximum absolute atomic E-state index is 14.2. The molecule has 0 spiro atoms. The van der Waals surface area contributed by atoms with Gasteiger partial charge in [0.05, 0.1) is 112 Å². The lowest BCUT2D eigenvalue weighted by atomic mass is 9.82. The molecule has 5 heterocycles. The first-order valence-corrected chi connectivity index (χ1v) is 29.7. The number of nitrogens with zero attached hydrogens (tertiary/aromatic N) is 1. The van der Waals surface area contributed by atoms with Crippen molar-refractivity contribution in [3.05, 3.63) is 85.1 Å². The number of amides is 1. The zero-order chi connectivity index (χ0) is 62.4. The molecule has 0 radical (unpaired) electrons. The van der Waals surface area contributed by atoms with Gasteiger partial charge >= 0.3 is 5.97 Å². The van der Waals surface area contributed by atoms with Crippen molar-refractivity contribution in [2.75, 3.05) is 52.5 Å². The minimum Gasteiger partial charge on any atom is -0.462 e. The van der Waals surface area contributed by atoms with Gasteiger partial charge in [-0.2, -0.15) is 0 Å². The van der Waals surface area contributed by atoms with Crippen LogP contribution in [-0.4, -0.2) is 262 Å². The molecule has 5 aliphatic rings. The van der Waals surface area contributed by atoms with Crippen LogP contribution in [0.25, 0.3) is 0 Å². The monoisotopic (exact) mass is 1210 g/mol. The molecule has 2 bridgehead atoms. The molecular formula is C60H97N3O22. The molecule has 0 aromatic rings. The second-order valence-corrected chi connectivity index (χ2v) is 23.3. The van der Waals surface area contributed by atoms with Gasteiger partial charge in [0.25, 0.3) is 0 Å². The van der Waals surface area contributed by atoms with E-state index in [1.807, 2.05) is 13.0 Å². The van der Waals surface area contributed by atoms with Crippen LogP contribution in [0.5, 0.6) is 0 Å². The van der Waals surface area contributed by atoms with Crippen molar-refractivity contribution >= 4 is 11.9 Å². The third-order valence-corrected chi connectivity index (χ3v) is 16.3. The van der Waals surface area contributed by atoms with E-state index in [2.05, 4.69) is 15.5 Å². The maximum atomic E-state index is 14.2. The second kappa shape index (κ2) is 35.5. The number of allylic oxidation sites excluding steroid dienone is 12. The standard InChI is InChI=1S/C60H97N3O22/c1-36-18-15-13-11-9-7-5-6-8-10-12-14-16-19-43(84-58-55(75)51(53(73)39(4)83-58)62-35-60(79)56(76)54(74)47(70)34-81-60)31-48-50(57(77)61-22-17-23-63-24-26-80-27-25-63)46(69)33-59(78,85-48)32-42(66)29-45(68)44(67)21-20-40(64)28-41(65)30-49(71)82-38(3)37(2)52(36)72/h5-16,18-19,36-48,50-56,58,62,64-70,72-76,78-79H,17,20-35H2,1-4H3,(H,61,77)/b6-5+,9-7+,10-8+,13-11+,14-12+,18-15+,19-16+/t36-,37-,38-,39+,40+,41+,42-,43-,44+,45+,46-,47+,48?,50?,51-,52+,53+,54+,55-,56-,58?,59+,60+/m0/s1. The highest BCUT2D eigenvalue weighted by atomic mass is 16.7. The molecule has 25 heteroatoms. The number of aliphatic hydroxyl groups excluding tert-OH is 12. The smallest absolute Gasteiger partial charge is 0.308 e. The summed E-state index contributed by atoms with van der Waals surface area (Å²) >= 11 is 0. The molecule has 0 aromatic carbocycles. The van der Waals surface area contributed by atoms with Gasteiger partial charge < -0.3 is 111 Å². The van der Waals surface area contributed by atoms with E-state index in [4.69, 9.17) is 28.4 Å². The normalized spacial score (nSPS) is 44.4. The van der Waals surface area contributed by atoms with Crippen LogP contribution in [-0.2, 0) is 38.0 Å². The van der Waals surface area contributed by atoms with Crippen molar-refractivity contribution in [3.8, 4) is 0 Å². The van der Waals surface area contributed by atoms with E-state index in [1.54, 1.807) is 86.8 Å². The van der Waals surface area contributed by atoms with Gasteiger partial charge in [0, 0.05) is 57.2 Å². The second-order valence-electron chi connectivity index (χ2n) is 23.3. The molecule has 4 saturated heterocycles. The van der Waals surface area contributed by atoms with Gasteiger partial charge in [0.1, 0.15) is 30.5 Å². The van der Waals surface area contributed by atoms with Gasteiger partial charge in [-0.15, -0.1) is 0 Å². The predicted molar refractivity (Wildman–Crippen MR) is 307 cm³/mol. The number of morpholine rings is 1. The Morgan fingerprint density at radius 1 is 0.671 bits per heavy atom. The Labute approximate surface area is 497 Å². The topological polar surface area (TPSA) is 400 Å². The van der Waals surface area contributed by atoms with Crippen molar-refractivity contribution in [1.29, 1.82) is 0 Å². The van der Waals surface area contributed by atoms with Crippen LogP contribution in [0.3, 0.4) is 0 Å². The number of hydrogen-bond acceptors (Lipinski definition) is 24. The van der Waals surface area contributed by atoms with E-state index < -0.39 is 184 Å². The lowest BCUT2D eigenvalue weighted by molar-refractivity contribution is -0.323. The SMILES string of the molecule is C[C@@H]1[C@H](O)[C@@H](C)/C=C/C=C/C=C/C=C/C=C/C=C/C=C/[C@H](OC2O[C@H](C)[C@@H](O)[C@H](NC[C@@]3(O)OC[C@@H](O)[C@@H](O)[C@@H]3O)[C@@H]2O)CC2O[C@](O)(C[C@@H](O)C[C@@H](O)[C@H](O)CC[C@@H](O)C[C@@H](O)CC(=O)O[C@H]1C)C[C@H](O)C2C(=O)NCCCN1CCOCC1. The van der Waals surface area contributed by atoms with Crippen molar-refractivity contribution in [2.45, 2.75) is 207 Å². The number of fused-ring (bicyclic) bond motifs is 2. The van der Waals surface area contributed by atoms with Gasteiger partial charge in [-0.05, 0) is 46.1 Å². The summed E-state index contributed by atoms with van der Waals surface area (Å²) in [7, 11) is 0. The van der Waals surface area contributed by atoms with Crippen LogP contribution < -0.4 is 10.6 Å². The molecule has 0 saturated carbocycles. The van der Waals surface area contributed by atoms with Crippen molar-refractivity contribution < 1.29 is 110 Å². The van der Waals surface area contributed by atoms with E-state index in [1.165, 1.54) is 13.0 Å². The average molecular weight is 1210 g/mol. The Hall–Kier alpha value is -3.72. The highest BCUT2D eigenvalue weighted by Crippen LogP contribution is 2.39. The largest absolute Gasteiger partial charge is 0.462 e. The van der Waals surface area contributed by atoms with Crippen LogP contribution in [0.1, 0.15) is 85.5 Å². The summed E-state index contributed by atoms with van der Waals surface area (Å²) in [6.07, 6.45) is -2.45. The van der Waals surface area contributed by atoms with E-state index in [9.17, 15) is 81.1 Å². The molecule has 4 fully saturated rings. The zero-order valence-electron chi connectivity index (χ0n) is 49.2. The highest BCUT2D eigenvalue weighted by molar-refractivity contribution is 5.80. The first-order chi connectivity index (χ1) is 40.3. The molecule has 484 valence electrons. The molecule has 0 aliphatic carbocycles. The zero-order valence-corrected chi connectivity index (χ0v) is 49.2. The minimum atomic E-state index is -2.47. The van der Waals surface area contributed by atoms with Gasteiger partial charge in [-0.25, -0.2) is 0 Å². The van der Waals surface area contributed by atoms with Gasteiger partial charge in [0.15, 0.2) is 12.1 Å².